The summed E-state index contributed by atoms with van der Waals surface area (Å²) in [5, 5.41) is 0.0810. The number of Topliss-reactive ketones (excluding diaryl/α,β-unsaturated/α-hetero) is 1. The van der Waals surface area contributed by atoms with Crippen LogP contribution in [0.15, 0.2) is 36.4 Å². The first-order valence-corrected chi connectivity index (χ1v) is 5.94. The Morgan fingerprint density at radius 3 is 2.61 bits per heavy atom. The van der Waals surface area contributed by atoms with Gasteiger partial charge in [0.15, 0.2) is 5.78 Å². The maximum atomic E-state index is 13.9. The molecule has 2 aromatic rings. The Morgan fingerprint density at radius 2 is 1.94 bits per heavy atom. The number of carbonyl (C=O) groups excluding carboxylic acids is 1. The fourth-order valence-corrected chi connectivity index (χ4v) is 2.07. The molecule has 0 saturated heterocycles. The Labute approximate surface area is 110 Å². The van der Waals surface area contributed by atoms with Gasteiger partial charge in [0, 0.05) is 11.1 Å². The van der Waals surface area contributed by atoms with Crippen molar-refractivity contribution < 1.29 is 9.18 Å². The second-order valence-corrected chi connectivity index (χ2v) is 4.59. The van der Waals surface area contributed by atoms with Gasteiger partial charge >= 0.3 is 0 Å². The Kier molecular flexibility index (Phi) is 3.48. The standard InChI is InChI=1S/C15H12ClFO/c1-9-6-7-11(8-13(9)10(2)18)12-4-3-5-14(16)15(12)17/h3-8H,1-2H3. The molecule has 0 fully saturated rings. The van der Waals surface area contributed by atoms with Gasteiger partial charge < -0.3 is 0 Å². The van der Waals surface area contributed by atoms with Gasteiger partial charge in [-0.3, -0.25) is 4.79 Å². The van der Waals surface area contributed by atoms with Crippen LogP contribution in [0.5, 0.6) is 0 Å². The molecule has 0 bridgehead atoms. The lowest BCUT2D eigenvalue weighted by atomic mass is 9.97. The second-order valence-electron chi connectivity index (χ2n) is 4.19. The Bertz CT molecular complexity index is 620. The molecule has 0 saturated carbocycles. The first-order chi connectivity index (χ1) is 8.50. The van der Waals surface area contributed by atoms with Gasteiger partial charge in [0.1, 0.15) is 5.82 Å². The summed E-state index contributed by atoms with van der Waals surface area (Å²) in [5.74, 6) is -0.491. The van der Waals surface area contributed by atoms with Crippen LogP contribution < -0.4 is 0 Å². The molecule has 0 amide bonds. The van der Waals surface area contributed by atoms with Crippen LogP contribution in [0.3, 0.4) is 0 Å². The van der Waals surface area contributed by atoms with E-state index in [1.165, 1.54) is 13.0 Å². The number of hydrogen-bond donors (Lipinski definition) is 0. The van der Waals surface area contributed by atoms with Gasteiger partial charge in [0.2, 0.25) is 0 Å². The molecule has 0 atom stereocenters. The van der Waals surface area contributed by atoms with E-state index in [4.69, 9.17) is 11.6 Å². The van der Waals surface area contributed by atoms with Gasteiger partial charge in [-0.05, 0) is 37.1 Å². The molecule has 2 aromatic carbocycles. The van der Waals surface area contributed by atoms with Crippen molar-refractivity contribution in [1.29, 1.82) is 0 Å². The van der Waals surface area contributed by atoms with Crippen LogP contribution in [0.25, 0.3) is 11.1 Å². The predicted molar refractivity (Wildman–Crippen MR) is 71.6 cm³/mol. The molecule has 0 spiro atoms. The second kappa shape index (κ2) is 4.91. The van der Waals surface area contributed by atoms with E-state index in [0.717, 1.165) is 5.56 Å². The van der Waals surface area contributed by atoms with Gasteiger partial charge in [-0.1, -0.05) is 35.9 Å². The van der Waals surface area contributed by atoms with Gasteiger partial charge in [-0.15, -0.1) is 0 Å². The minimum atomic E-state index is -0.461. The summed E-state index contributed by atoms with van der Waals surface area (Å²) in [7, 11) is 0. The third kappa shape index (κ3) is 2.29. The minimum Gasteiger partial charge on any atom is -0.295 e. The van der Waals surface area contributed by atoms with E-state index in [1.54, 1.807) is 24.3 Å². The summed E-state index contributed by atoms with van der Waals surface area (Å²) in [6.45, 7) is 3.36. The lowest BCUT2D eigenvalue weighted by Gasteiger charge is -2.08. The lowest BCUT2D eigenvalue weighted by Crippen LogP contribution is -1.97. The van der Waals surface area contributed by atoms with E-state index in [9.17, 15) is 9.18 Å². The first kappa shape index (κ1) is 12.8. The van der Waals surface area contributed by atoms with E-state index in [-0.39, 0.29) is 10.8 Å². The molecule has 92 valence electrons. The van der Waals surface area contributed by atoms with Crippen LogP contribution in [0.4, 0.5) is 4.39 Å². The fraction of sp³-hybridized carbons (Fsp3) is 0.133. The average molecular weight is 263 g/mol. The smallest absolute Gasteiger partial charge is 0.160 e. The quantitative estimate of drug-likeness (QED) is 0.720. The van der Waals surface area contributed by atoms with Crippen LogP contribution in [-0.2, 0) is 0 Å². The monoisotopic (exact) mass is 262 g/mol. The zero-order valence-electron chi connectivity index (χ0n) is 10.1. The topological polar surface area (TPSA) is 17.1 Å². The third-order valence-electron chi connectivity index (χ3n) is 2.88. The molecule has 1 nitrogen and oxygen atoms in total. The zero-order valence-corrected chi connectivity index (χ0v) is 10.9. The SMILES string of the molecule is CC(=O)c1cc(-c2cccc(Cl)c2F)ccc1C. The number of rotatable bonds is 2. The van der Waals surface area contributed by atoms with E-state index in [1.807, 2.05) is 13.0 Å². The number of benzene rings is 2. The number of ketones is 1. The van der Waals surface area contributed by atoms with Gasteiger partial charge in [0.05, 0.1) is 5.02 Å². The lowest BCUT2D eigenvalue weighted by molar-refractivity contribution is 0.101. The molecule has 2 rings (SSSR count). The van der Waals surface area contributed by atoms with E-state index < -0.39 is 5.82 Å². The summed E-state index contributed by atoms with van der Waals surface area (Å²) in [6, 6.07) is 10.1. The minimum absolute atomic E-state index is 0.0308. The Hall–Kier alpha value is -1.67. The summed E-state index contributed by atoms with van der Waals surface area (Å²) in [6.07, 6.45) is 0. The molecule has 0 N–H and O–H groups in total. The highest BCUT2D eigenvalue weighted by atomic mass is 35.5. The van der Waals surface area contributed by atoms with E-state index >= 15 is 0 Å². The van der Waals surface area contributed by atoms with Crippen molar-refractivity contribution in [2.24, 2.45) is 0 Å². The highest BCUT2D eigenvalue weighted by molar-refractivity contribution is 6.31. The van der Waals surface area contributed by atoms with Crippen LogP contribution in [0.2, 0.25) is 5.02 Å². The van der Waals surface area contributed by atoms with Crippen molar-refractivity contribution in [1.82, 2.24) is 0 Å². The predicted octanol–water partition coefficient (Wildman–Crippen LogP) is 4.66. The first-order valence-electron chi connectivity index (χ1n) is 5.56. The summed E-state index contributed by atoms with van der Waals surface area (Å²) in [4.78, 5) is 11.5. The average Bonchev–Trinajstić information content (AvgIpc) is 2.33. The number of aryl methyl sites for hydroxylation is 1. The van der Waals surface area contributed by atoms with E-state index in [2.05, 4.69) is 0 Å². The molecule has 0 aliphatic carbocycles. The van der Waals surface area contributed by atoms with Crippen molar-refractivity contribution in [2.75, 3.05) is 0 Å². The Balaban J connectivity index is 2.62. The normalized spacial score (nSPS) is 10.4. The number of hydrogen-bond acceptors (Lipinski definition) is 1. The molecule has 3 heteroatoms. The largest absolute Gasteiger partial charge is 0.295 e. The molecule has 0 aliphatic rings. The summed E-state index contributed by atoms with van der Waals surface area (Å²) < 4.78 is 13.9. The van der Waals surface area contributed by atoms with Crippen LogP contribution in [-0.4, -0.2) is 5.78 Å². The third-order valence-corrected chi connectivity index (χ3v) is 3.17. The summed E-state index contributed by atoms with van der Waals surface area (Å²) in [5.41, 5.74) is 2.55. The Morgan fingerprint density at radius 1 is 1.22 bits per heavy atom. The molecular formula is C15H12ClFO. The molecular weight excluding hydrogens is 251 g/mol. The van der Waals surface area contributed by atoms with Crippen molar-refractivity contribution in [2.45, 2.75) is 13.8 Å². The molecule has 0 heterocycles. The zero-order chi connectivity index (χ0) is 13.3. The van der Waals surface area contributed by atoms with Crippen LogP contribution >= 0.6 is 11.6 Å². The van der Waals surface area contributed by atoms with Crippen molar-refractivity contribution >= 4 is 17.4 Å². The maximum absolute atomic E-state index is 13.9. The summed E-state index contributed by atoms with van der Waals surface area (Å²) >= 11 is 5.76. The number of halogens is 2. The van der Waals surface area contributed by atoms with Gasteiger partial charge in [0.25, 0.3) is 0 Å². The van der Waals surface area contributed by atoms with Crippen molar-refractivity contribution in [3.8, 4) is 11.1 Å². The molecule has 0 aliphatic heterocycles. The van der Waals surface area contributed by atoms with Crippen LogP contribution in [0, 0.1) is 12.7 Å². The van der Waals surface area contributed by atoms with Gasteiger partial charge in [-0.2, -0.15) is 0 Å². The molecule has 0 radical (unpaired) electrons. The number of carbonyl (C=O) groups is 1. The van der Waals surface area contributed by atoms with E-state index in [0.29, 0.717) is 16.7 Å². The maximum Gasteiger partial charge on any atom is 0.160 e. The highest BCUT2D eigenvalue weighted by Crippen LogP contribution is 2.29. The van der Waals surface area contributed by atoms with Crippen molar-refractivity contribution in [3.63, 3.8) is 0 Å². The van der Waals surface area contributed by atoms with Crippen LogP contribution in [0.1, 0.15) is 22.8 Å². The molecule has 0 unspecified atom stereocenters. The molecule has 18 heavy (non-hydrogen) atoms. The fourth-order valence-electron chi connectivity index (χ4n) is 1.90. The highest BCUT2D eigenvalue weighted by Gasteiger charge is 2.11. The van der Waals surface area contributed by atoms with Crippen molar-refractivity contribution in [3.05, 3.63) is 58.4 Å². The van der Waals surface area contributed by atoms with Gasteiger partial charge in [-0.25, -0.2) is 4.39 Å². The molecule has 0 aromatic heterocycles.